The van der Waals surface area contributed by atoms with Gasteiger partial charge in [0, 0.05) is 12.2 Å². The summed E-state index contributed by atoms with van der Waals surface area (Å²) in [7, 11) is 0. The van der Waals surface area contributed by atoms with Gasteiger partial charge in [-0.25, -0.2) is 4.39 Å². The summed E-state index contributed by atoms with van der Waals surface area (Å²) in [5.41, 5.74) is 10.1. The summed E-state index contributed by atoms with van der Waals surface area (Å²) < 4.78 is 13.5. The molecule has 2 nitrogen and oxygen atoms in total. The molecule has 0 aliphatic carbocycles. The molecule has 0 bridgehead atoms. The molecule has 0 aliphatic rings. The van der Waals surface area contributed by atoms with Crippen molar-refractivity contribution in [3.05, 3.63) is 53.3 Å². The number of hydrogen-bond donors (Lipinski definition) is 1. The van der Waals surface area contributed by atoms with E-state index < -0.39 is 0 Å². The van der Waals surface area contributed by atoms with Gasteiger partial charge in [0.25, 0.3) is 0 Å². The number of aryl methyl sites for hydroxylation is 2. The highest BCUT2D eigenvalue weighted by molar-refractivity contribution is 5.75. The van der Waals surface area contributed by atoms with Gasteiger partial charge in [-0.1, -0.05) is 17.7 Å². The molecule has 100 valence electrons. The van der Waals surface area contributed by atoms with E-state index in [1.54, 1.807) is 13.0 Å². The van der Waals surface area contributed by atoms with Crippen LogP contribution in [-0.4, -0.2) is 6.54 Å². The normalized spacial score (nSPS) is 10.5. The van der Waals surface area contributed by atoms with Crippen molar-refractivity contribution >= 4 is 17.1 Å². The molecule has 0 aromatic heterocycles. The van der Waals surface area contributed by atoms with E-state index in [2.05, 4.69) is 43.0 Å². The van der Waals surface area contributed by atoms with Crippen molar-refractivity contribution in [3.8, 4) is 0 Å². The van der Waals surface area contributed by atoms with Gasteiger partial charge < -0.3 is 10.6 Å². The number of nitrogens with zero attached hydrogens (tertiary/aromatic N) is 1. The summed E-state index contributed by atoms with van der Waals surface area (Å²) in [6.07, 6.45) is 0. The fourth-order valence-electron chi connectivity index (χ4n) is 2.13. The summed E-state index contributed by atoms with van der Waals surface area (Å²) in [5, 5.41) is 0. The van der Waals surface area contributed by atoms with Gasteiger partial charge in [-0.05, 0) is 50.6 Å². The molecule has 3 heteroatoms. The van der Waals surface area contributed by atoms with Gasteiger partial charge in [0.2, 0.25) is 0 Å². The summed E-state index contributed by atoms with van der Waals surface area (Å²) in [6, 6.07) is 11.4. The fourth-order valence-corrected chi connectivity index (χ4v) is 2.13. The predicted molar refractivity (Wildman–Crippen MR) is 79.4 cm³/mol. The second kappa shape index (κ2) is 5.31. The highest BCUT2D eigenvalue weighted by Crippen LogP contribution is 2.32. The molecule has 2 aromatic rings. The number of nitrogens with two attached hydrogens (primary N) is 1. The van der Waals surface area contributed by atoms with Crippen LogP contribution in [-0.2, 0) is 0 Å². The molecule has 0 radical (unpaired) electrons. The lowest BCUT2D eigenvalue weighted by Gasteiger charge is -2.25. The SMILES string of the molecule is CCN(c1ccc(C)cc1)c1cc(C)c(F)cc1N. The number of anilines is 3. The van der Waals surface area contributed by atoms with Crippen molar-refractivity contribution in [2.45, 2.75) is 20.8 Å². The van der Waals surface area contributed by atoms with E-state index in [4.69, 9.17) is 5.73 Å². The van der Waals surface area contributed by atoms with Crippen molar-refractivity contribution in [3.63, 3.8) is 0 Å². The molecular weight excluding hydrogens is 239 g/mol. The minimum Gasteiger partial charge on any atom is -0.397 e. The Morgan fingerprint density at radius 2 is 1.74 bits per heavy atom. The van der Waals surface area contributed by atoms with E-state index in [0.29, 0.717) is 11.3 Å². The molecule has 0 unspecified atom stereocenters. The third-order valence-corrected chi connectivity index (χ3v) is 3.26. The second-order valence-corrected chi connectivity index (χ2v) is 4.74. The molecular formula is C16H19FN2. The lowest BCUT2D eigenvalue weighted by molar-refractivity contribution is 0.619. The van der Waals surface area contributed by atoms with Crippen LogP contribution in [0.3, 0.4) is 0 Å². The van der Waals surface area contributed by atoms with Crippen molar-refractivity contribution in [2.24, 2.45) is 0 Å². The first kappa shape index (κ1) is 13.4. The van der Waals surface area contributed by atoms with Crippen LogP contribution in [0.4, 0.5) is 21.5 Å². The predicted octanol–water partition coefficient (Wildman–Crippen LogP) is 4.18. The van der Waals surface area contributed by atoms with Gasteiger partial charge in [-0.15, -0.1) is 0 Å². The quantitative estimate of drug-likeness (QED) is 0.837. The van der Waals surface area contributed by atoms with Crippen LogP contribution < -0.4 is 10.6 Å². The highest BCUT2D eigenvalue weighted by Gasteiger charge is 2.12. The third kappa shape index (κ3) is 2.70. The van der Waals surface area contributed by atoms with Crippen molar-refractivity contribution in [1.82, 2.24) is 0 Å². The average Bonchev–Trinajstić information content (AvgIpc) is 2.38. The summed E-state index contributed by atoms with van der Waals surface area (Å²) in [5.74, 6) is -0.263. The Hall–Kier alpha value is -2.03. The molecule has 2 N–H and O–H groups in total. The maximum Gasteiger partial charge on any atom is 0.128 e. The van der Waals surface area contributed by atoms with Crippen LogP contribution in [0.5, 0.6) is 0 Å². The molecule has 0 heterocycles. The van der Waals surface area contributed by atoms with Gasteiger partial charge in [0.1, 0.15) is 5.82 Å². The molecule has 0 spiro atoms. The number of rotatable bonds is 3. The molecule has 0 atom stereocenters. The van der Waals surface area contributed by atoms with Crippen LogP contribution in [0, 0.1) is 19.7 Å². The van der Waals surface area contributed by atoms with Crippen LogP contribution >= 0.6 is 0 Å². The van der Waals surface area contributed by atoms with Gasteiger partial charge in [0.05, 0.1) is 11.4 Å². The molecule has 0 amide bonds. The van der Waals surface area contributed by atoms with Crippen LogP contribution in [0.25, 0.3) is 0 Å². The first-order valence-electron chi connectivity index (χ1n) is 6.42. The highest BCUT2D eigenvalue weighted by atomic mass is 19.1. The number of hydrogen-bond acceptors (Lipinski definition) is 2. The average molecular weight is 258 g/mol. The summed E-state index contributed by atoms with van der Waals surface area (Å²) in [6.45, 7) is 6.63. The van der Waals surface area contributed by atoms with Gasteiger partial charge in [-0.2, -0.15) is 0 Å². The van der Waals surface area contributed by atoms with E-state index in [1.807, 2.05) is 0 Å². The Labute approximate surface area is 113 Å². The maximum absolute atomic E-state index is 13.5. The van der Waals surface area contributed by atoms with Crippen molar-refractivity contribution in [1.29, 1.82) is 0 Å². The number of benzene rings is 2. The van der Waals surface area contributed by atoms with E-state index in [0.717, 1.165) is 17.9 Å². The Balaban J connectivity index is 2.47. The largest absolute Gasteiger partial charge is 0.397 e. The van der Waals surface area contributed by atoms with Gasteiger partial charge >= 0.3 is 0 Å². The van der Waals surface area contributed by atoms with Crippen molar-refractivity contribution < 1.29 is 4.39 Å². The third-order valence-electron chi connectivity index (χ3n) is 3.26. The van der Waals surface area contributed by atoms with E-state index in [1.165, 1.54) is 11.6 Å². The fraction of sp³-hybridized carbons (Fsp3) is 0.250. The lowest BCUT2D eigenvalue weighted by Crippen LogP contribution is -2.18. The molecule has 0 saturated carbocycles. The number of halogens is 1. The molecule has 2 aromatic carbocycles. The van der Waals surface area contributed by atoms with E-state index in [9.17, 15) is 4.39 Å². The van der Waals surface area contributed by atoms with Gasteiger partial charge in [0.15, 0.2) is 0 Å². The van der Waals surface area contributed by atoms with Crippen molar-refractivity contribution in [2.75, 3.05) is 17.2 Å². The Morgan fingerprint density at radius 1 is 1.11 bits per heavy atom. The molecule has 0 saturated heterocycles. The standard InChI is InChI=1S/C16H19FN2/c1-4-19(13-7-5-11(2)6-8-13)16-9-12(3)14(17)10-15(16)18/h5-10H,4,18H2,1-3H3. The van der Waals surface area contributed by atoms with Crippen LogP contribution in [0.2, 0.25) is 0 Å². The zero-order valence-corrected chi connectivity index (χ0v) is 11.6. The summed E-state index contributed by atoms with van der Waals surface area (Å²) >= 11 is 0. The van der Waals surface area contributed by atoms with E-state index in [-0.39, 0.29) is 5.82 Å². The second-order valence-electron chi connectivity index (χ2n) is 4.74. The zero-order chi connectivity index (χ0) is 14.0. The van der Waals surface area contributed by atoms with E-state index >= 15 is 0 Å². The zero-order valence-electron chi connectivity index (χ0n) is 11.6. The maximum atomic E-state index is 13.5. The Morgan fingerprint density at radius 3 is 2.32 bits per heavy atom. The molecule has 19 heavy (non-hydrogen) atoms. The first-order valence-corrected chi connectivity index (χ1v) is 6.42. The topological polar surface area (TPSA) is 29.3 Å². The summed E-state index contributed by atoms with van der Waals surface area (Å²) in [4.78, 5) is 2.08. The van der Waals surface area contributed by atoms with Crippen LogP contribution in [0.15, 0.2) is 36.4 Å². The lowest BCUT2D eigenvalue weighted by atomic mass is 10.1. The Bertz CT molecular complexity index is 576. The minimum atomic E-state index is -0.263. The van der Waals surface area contributed by atoms with Crippen LogP contribution in [0.1, 0.15) is 18.1 Å². The molecule has 2 rings (SSSR count). The molecule has 0 aliphatic heterocycles. The minimum absolute atomic E-state index is 0.263. The monoisotopic (exact) mass is 258 g/mol. The van der Waals surface area contributed by atoms with Gasteiger partial charge in [-0.3, -0.25) is 0 Å². The molecule has 0 fully saturated rings. The Kier molecular flexibility index (Phi) is 3.74. The first-order chi connectivity index (χ1) is 9.02. The number of nitrogen functional groups attached to an aromatic ring is 1. The smallest absolute Gasteiger partial charge is 0.128 e.